The van der Waals surface area contributed by atoms with E-state index >= 15 is 0 Å². The van der Waals surface area contributed by atoms with Gasteiger partial charge in [0.25, 0.3) is 0 Å². The van der Waals surface area contributed by atoms with Crippen molar-refractivity contribution in [2.75, 3.05) is 6.61 Å². The molecule has 0 saturated heterocycles. The summed E-state index contributed by atoms with van der Waals surface area (Å²) < 4.78 is 7.81. The lowest BCUT2D eigenvalue weighted by molar-refractivity contribution is 0.00759. The van der Waals surface area contributed by atoms with Gasteiger partial charge in [0.15, 0.2) is 6.23 Å². The van der Waals surface area contributed by atoms with Crippen LogP contribution in [0.5, 0.6) is 0 Å². The van der Waals surface area contributed by atoms with Crippen molar-refractivity contribution in [3.05, 3.63) is 0 Å². The summed E-state index contributed by atoms with van der Waals surface area (Å²) >= 11 is 0. The van der Waals surface area contributed by atoms with Crippen LogP contribution in [-0.2, 0) is 9.47 Å². The van der Waals surface area contributed by atoms with Crippen LogP contribution in [0.15, 0.2) is 0 Å². The standard InChI is InChI=1S/C4H7NO6/c5-2(11-4(8)9)1-10-3(6)7/h2H,1,5H2,(H,6,7)(H,8,9). The van der Waals surface area contributed by atoms with Crippen molar-refractivity contribution in [2.24, 2.45) is 5.73 Å². The quantitative estimate of drug-likeness (QED) is 0.386. The zero-order valence-corrected chi connectivity index (χ0v) is 5.39. The number of rotatable bonds is 3. The van der Waals surface area contributed by atoms with E-state index in [4.69, 9.17) is 15.9 Å². The highest BCUT2D eigenvalue weighted by atomic mass is 16.7. The molecule has 0 aromatic rings. The molecule has 0 bridgehead atoms. The smallest absolute Gasteiger partial charge is 0.450 e. The van der Waals surface area contributed by atoms with Gasteiger partial charge in [0.05, 0.1) is 0 Å². The van der Waals surface area contributed by atoms with Crippen LogP contribution >= 0.6 is 0 Å². The highest BCUT2D eigenvalue weighted by Gasteiger charge is 2.09. The molecule has 64 valence electrons. The second kappa shape index (κ2) is 4.34. The molecule has 0 aromatic carbocycles. The number of ether oxygens (including phenoxy) is 2. The van der Waals surface area contributed by atoms with Crippen molar-refractivity contribution in [3.8, 4) is 0 Å². The summed E-state index contributed by atoms with van der Waals surface area (Å²) in [7, 11) is 0. The average molecular weight is 165 g/mol. The van der Waals surface area contributed by atoms with E-state index < -0.39 is 25.1 Å². The van der Waals surface area contributed by atoms with Crippen LogP contribution in [0.3, 0.4) is 0 Å². The first-order chi connectivity index (χ1) is 5.02. The molecule has 0 aliphatic carbocycles. The number of hydrogen-bond donors (Lipinski definition) is 3. The van der Waals surface area contributed by atoms with E-state index in [2.05, 4.69) is 9.47 Å². The average Bonchev–Trinajstić information content (AvgIpc) is 1.82. The van der Waals surface area contributed by atoms with Gasteiger partial charge < -0.3 is 19.7 Å². The summed E-state index contributed by atoms with van der Waals surface area (Å²) in [6.45, 7) is -0.512. The molecular formula is C4H7NO6. The summed E-state index contributed by atoms with van der Waals surface area (Å²) in [5.41, 5.74) is 4.93. The molecule has 0 aromatic heterocycles. The van der Waals surface area contributed by atoms with Crippen LogP contribution in [0.25, 0.3) is 0 Å². The van der Waals surface area contributed by atoms with Gasteiger partial charge in [-0.2, -0.15) is 0 Å². The van der Waals surface area contributed by atoms with Crippen LogP contribution in [0.4, 0.5) is 9.59 Å². The van der Waals surface area contributed by atoms with Crippen LogP contribution < -0.4 is 5.73 Å². The molecule has 0 spiro atoms. The Morgan fingerprint density at radius 1 is 1.36 bits per heavy atom. The van der Waals surface area contributed by atoms with E-state index in [0.29, 0.717) is 0 Å². The normalized spacial score (nSPS) is 11.7. The third-order valence-corrected chi connectivity index (χ3v) is 0.623. The Balaban J connectivity index is 3.44. The van der Waals surface area contributed by atoms with Crippen molar-refractivity contribution in [1.29, 1.82) is 0 Å². The molecule has 0 aliphatic heterocycles. The fourth-order valence-electron chi connectivity index (χ4n) is 0.317. The lowest BCUT2D eigenvalue weighted by Crippen LogP contribution is -2.32. The maximum absolute atomic E-state index is 9.75. The maximum atomic E-state index is 9.75. The Hall–Kier alpha value is -1.50. The molecule has 4 N–H and O–H groups in total. The van der Waals surface area contributed by atoms with E-state index in [1.54, 1.807) is 0 Å². The molecule has 7 nitrogen and oxygen atoms in total. The molecule has 0 radical (unpaired) electrons. The number of hydrogen-bond acceptors (Lipinski definition) is 5. The lowest BCUT2D eigenvalue weighted by Gasteiger charge is -2.08. The summed E-state index contributed by atoms with van der Waals surface area (Å²) in [5, 5.41) is 15.9. The largest absolute Gasteiger partial charge is 0.507 e. The highest BCUT2D eigenvalue weighted by Crippen LogP contribution is 1.86. The van der Waals surface area contributed by atoms with Gasteiger partial charge in [-0.3, -0.25) is 5.73 Å². The maximum Gasteiger partial charge on any atom is 0.507 e. The zero-order valence-electron chi connectivity index (χ0n) is 5.39. The van der Waals surface area contributed by atoms with Crippen LogP contribution in [0.2, 0.25) is 0 Å². The van der Waals surface area contributed by atoms with Crippen LogP contribution in [-0.4, -0.2) is 35.4 Å². The zero-order chi connectivity index (χ0) is 8.85. The fraction of sp³-hybridized carbons (Fsp3) is 0.500. The van der Waals surface area contributed by atoms with Crippen molar-refractivity contribution < 1.29 is 29.3 Å². The van der Waals surface area contributed by atoms with Gasteiger partial charge in [-0.1, -0.05) is 0 Å². The lowest BCUT2D eigenvalue weighted by atomic mass is 10.6. The molecule has 0 heterocycles. The van der Waals surface area contributed by atoms with E-state index in [-0.39, 0.29) is 0 Å². The number of carbonyl (C=O) groups is 2. The Morgan fingerprint density at radius 3 is 2.27 bits per heavy atom. The minimum Gasteiger partial charge on any atom is -0.450 e. The Morgan fingerprint density at radius 2 is 1.91 bits per heavy atom. The number of nitrogens with two attached hydrogens (primary N) is 1. The first kappa shape index (κ1) is 9.50. The van der Waals surface area contributed by atoms with Crippen LogP contribution in [0, 0.1) is 0 Å². The fourth-order valence-corrected chi connectivity index (χ4v) is 0.317. The van der Waals surface area contributed by atoms with Gasteiger partial charge in [0, 0.05) is 0 Å². The summed E-state index contributed by atoms with van der Waals surface area (Å²) in [4.78, 5) is 19.5. The first-order valence-electron chi connectivity index (χ1n) is 2.53. The van der Waals surface area contributed by atoms with Gasteiger partial charge >= 0.3 is 12.3 Å². The Bertz CT molecular complexity index is 157. The van der Waals surface area contributed by atoms with Crippen molar-refractivity contribution in [3.63, 3.8) is 0 Å². The SMILES string of the molecule is NC(COC(=O)O)OC(=O)O. The highest BCUT2D eigenvalue weighted by molar-refractivity contribution is 5.57. The number of carboxylic acid groups (broad SMARTS) is 2. The van der Waals surface area contributed by atoms with E-state index in [0.717, 1.165) is 0 Å². The monoisotopic (exact) mass is 165 g/mol. The second-order valence-electron chi connectivity index (χ2n) is 1.50. The molecule has 0 amide bonds. The van der Waals surface area contributed by atoms with E-state index in [1.807, 2.05) is 0 Å². The molecule has 0 rings (SSSR count). The predicted octanol–water partition coefficient (Wildman–Crippen LogP) is -0.340. The van der Waals surface area contributed by atoms with Crippen LogP contribution in [0.1, 0.15) is 0 Å². The Kier molecular flexibility index (Phi) is 3.75. The van der Waals surface area contributed by atoms with Gasteiger partial charge in [0.1, 0.15) is 6.61 Å². The van der Waals surface area contributed by atoms with Gasteiger partial charge in [-0.25, -0.2) is 9.59 Å². The molecular weight excluding hydrogens is 158 g/mol. The van der Waals surface area contributed by atoms with Gasteiger partial charge in [0.2, 0.25) is 0 Å². The molecule has 0 fully saturated rings. The molecule has 11 heavy (non-hydrogen) atoms. The third kappa shape index (κ3) is 6.38. The second-order valence-corrected chi connectivity index (χ2v) is 1.50. The molecule has 0 saturated carbocycles. The van der Waals surface area contributed by atoms with Crippen molar-refractivity contribution in [2.45, 2.75) is 6.23 Å². The molecule has 1 unspecified atom stereocenters. The minimum absolute atomic E-state index is 0.512. The molecule has 0 aliphatic rings. The van der Waals surface area contributed by atoms with Crippen molar-refractivity contribution >= 4 is 12.3 Å². The molecule has 7 heteroatoms. The topological polar surface area (TPSA) is 119 Å². The first-order valence-corrected chi connectivity index (χ1v) is 2.53. The summed E-state index contributed by atoms with van der Waals surface area (Å²) in [5.74, 6) is 0. The molecule has 1 atom stereocenters. The predicted molar refractivity (Wildman–Crippen MR) is 31.1 cm³/mol. The van der Waals surface area contributed by atoms with E-state index in [9.17, 15) is 9.59 Å². The van der Waals surface area contributed by atoms with Gasteiger partial charge in [-0.15, -0.1) is 0 Å². The summed E-state index contributed by atoms with van der Waals surface area (Å²) in [6, 6.07) is 0. The van der Waals surface area contributed by atoms with Crippen molar-refractivity contribution in [1.82, 2.24) is 0 Å². The van der Waals surface area contributed by atoms with Gasteiger partial charge in [-0.05, 0) is 0 Å². The Labute approximate surface area is 61.3 Å². The van der Waals surface area contributed by atoms with E-state index in [1.165, 1.54) is 0 Å². The minimum atomic E-state index is -1.58. The third-order valence-electron chi connectivity index (χ3n) is 0.623. The summed E-state index contributed by atoms with van der Waals surface area (Å²) in [6.07, 6.45) is -4.38.